The molecule has 0 aliphatic carbocycles. The number of rotatable bonds is 4. The van der Waals surface area contributed by atoms with Gasteiger partial charge in [-0.1, -0.05) is 36.4 Å². The summed E-state index contributed by atoms with van der Waals surface area (Å²) < 4.78 is 27.0. The normalized spacial score (nSPS) is 11.4. The van der Waals surface area contributed by atoms with Crippen LogP contribution in [-0.2, 0) is 16.6 Å². The van der Waals surface area contributed by atoms with Crippen LogP contribution in [-0.4, -0.2) is 8.42 Å². The van der Waals surface area contributed by atoms with Crippen LogP contribution in [0.15, 0.2) is 53.4 Å². The third-order valence-corrected chi connectivity index (χ3v) is 4.35. The summed E-state index contributed by atoms with van der Waals surface area (Å²) in [5.74, 6) is 0. The van der Waals surface area contributed by atoms with Gasteiger partial charge in [-0.25, -0.2) is 13.1 Å². The van der Waals surface area contributed by atoms with Gasteiger partial charge in [0.2, 0.25) is 10.0 Å². The number of sulfonamides is 1. The number of benzene rings is 2. The van der Waals surface area contributed by atoms with Gasteiger partial charge in [-0.2, -0.15) is 0 Å². The van der Waals surface area contributed by atoms with E-state index >= 15 is 0 Å². The van der Waals surface area contributed by atoms with E-state index in [2.05, 4.69) is 4.72 Å². The Morgan fingerprint density at radius 1 is 1.11 bits per heavy atom. The van der Waals surface area contributed by atoms with Gasteiger partial charge in [-0.15, -0.1) is 0 Å². The second-order valence-electron chi connectivity index (χ2n) is 4.34. The summed E-state index contributed by atoms with van der Waals surface area (Å²) in [6, 6.07) is 14.2. The van der Waals surface area contributed by atoms with Crippen molar-refractivity contribution in [2.75, 3.05) is 5.73 Å². The van der Waals surface area contributed by atoms with E-state index in [4.69, 9.17) is 5.73 Å². The lowest BCUT2D eigenvalue weighted by Crippen LogP contribution is -2.24. The van der Waals surface area contributed by atoms with E-state index in [0.29, 0.717) is 11.3 Å². The molecule has 0 saturated carbocycles. The van der Waals surface area contributed by atoms with Gasteiger partial charge in [0.05, 0.1) is 4.90 Å². The predicted molar refractivity (Wildman–Crippen MR) is 76.1 cm³/mol. The molecule has 0 unspecified atom stereocenters. The van der Waals surface area contributed by atoms with Crippen LogP contribution in [0.3, 0.4) is 0 Å². The monoisotopic (exact) mass is 276 g/mol. The molecule has 0 bridgehead atoms. The average Bonchev–Trinajstić information content (AvgIpc) is 2.40. The molecule has 0 spiro atoms. The van der Waals surface area contributed by atoms with Crippen LogP contribution in [0.1, 0.15) is 11.1 Å². The molecule has 0 amide bonds. The number of hydrogen-bond acceptors (Lipinski definition) is 3. The van der Waals surface area contributed by atoms with Crippen molar-refractivity contribution in [3.63, 3.8) is 0 Å². The lowest BCUT2D eigenvalue weighted by atomic mass is 10.2. The molecular formula is C14H16N2O2S. The fourth-order valence-electron chi connectivity index (χ4n) is 1.76. The molecule has 19 heavy (non-hydrogen) atoms. The Kier molecular flexibility index (Phi) is 3.87. The lowest BCUT2D eigenvalue weighted by Gasteiger charge is -2.10. The van der Waals surface area contributed by atoms with Crippen LogP contribution in [0.2, 0.25) is 0 Å². The highest BCUT2D eigenvalue weighted by atomic mass is 32.2. The fraction of sp³-hybridized carbons (Fsp3) is 0.143. The molecule has 0 saturated heterocycles. The second kappa shape index (κ2) is 5.42. The van der Waals surface area contributed by atoms with Crippen LogP contribution in [0.4, 0.5) is 5.69 Å². The maximum atomic E-state index is 12.2. The standard InChI is InChI=1S/C14H16N2O2S/c1-11-7-8-13(15)9-14(11)19(17,18)16-10-12-5-3-2-4-6-12/h2-9,16H,10,15H2,1H3. The minimum Gasteiger partial charge on any atom is -0.399 e. The van der Waals surface area contributed by atoms with Gasteiger partial charge in [-0.3, -0.25) is 0 Å². The number of nitrogens with one attached hydrogen (secondary N) is 1. The summed E-state index contributed by atoms with van der Waals surface area (Å²) >= 11 is 0. The molecule has 0 aliphatic rings. The molecule has 100 valence electrons. The summed E-state index contributed by atoms with van der Waals surface area (Å²) in [5, 5.41) is 0. The third-order valence-electron chi connectivity index (χ3n) is 2.81. The minimum absolute atomic E-state index is 0.225. The summed E-state index contributed by atoms with van der Waals surface area (Å²) in [6.45, 7) is 2.01. The van der Waals surface area contributed by atoms with Gasteiger partial charge in [0.25, 0.3) is 0 Å². The molecule has 4 nitrogen and oxygen atoms in total. The van der Waals surface area contributed by atoms with Gasteiger partial charge in [0.15, 0.2) is 0 Å². The van der Waals surface area contributed by atoms with Crippen LogP contribution in [0.25, 0.3) is 0 Å². The van der Waals surface area contributed by atoms with E-state index in [-0.39, 0.29) is 11.4 Å². The molecule has 0 heterocycles. The first-order valence-electron chi connectivity index (χ1n) is 5.89. The Morgan fingerprint density at radius 3 is 2.47 bits per heavy atom. The molecule has 5 heteroatoms. The highest BCUT2D eigenvalue weighted by Gasteiger charge is 2.16. The van der Waals surface area contributed by atoms with E-state index in [1.54, 1.807) is 19.1 Å². The highest BCUT2D eigenvalue weighted by Crippen LogP contribution is 2.18. The van der Waals surface area contributed by atoms with E-state index in [1.165, 1.54) is 6.07 Å². The number of nitrogen functional groups attached to an aromatic ring is 1. The summed E-state index contributed by atoms with van der Waals surface area (Å²) in [4.78, 5) is 0.225. The van der Waals surface area contributed by atoms with E-state index in [0.717, 1.165) is 5.56 Å². The first kappa shape index (κ1) is 13.6. The Hall–Kier alpha value is -1.85. The lowest BCUT2D eigenvalue weighted by molar-refractivity contribution is 0.580. The van der Waals surface area contributed by atoms with Gasteiger partial charge in [0.1, 0.15) is 0 Å². The van der Waals surface area contributed by atoms with Crippen LogP contribution >= 0.6 is 0 Å². The molecule has 2 aromatic rings. The molecule has 2 aromatic carbocycles. The summed E-state index contributed by atoms with van der Waals surface area (Å²) in [6.07, 6.45) is 0. The zero-order chi connectivity index (χ0) is 13.9. The maximum absolute atomic E-state index is 12.2. The summed E-state index contributed by atoms with van der Waals surface area (Å²) in [7, 11) is -3.54. The van der Waals surface area contributed by atoms with Crippen molar-refractivity contribution >= 4 is 15.7 Å². The largest absolute Gasteiger partial charge is 0.399 e. The van der Waals surface area contributed by atoms with Crippen molar-refractivity contribution in [3.8, 4) is 0 Å². The van der Waals surface area contributed by atoms with Crippen molar-refractivity contribution in [2.24, 2.45) is 0 Å². The van der Waals surface area contributed by atoms with Crippen molar-refractivity contribution in [1.82, 2.24) is 4.72 Å². The Balaban J connectivity index is 2.21. The SMILES string of the molecule is Cc1ccc(N)cc1S(=O)(=O)NCc1ccccc1. The van der Waals surface area contributed by atoms with E-state index in [1.807, 2.05) is 30.3 Å². The molecule has 0 aliphatic heterocycles. The second-order valence-corrected chi connectivity index (χ2v) is 6.07. The molecule has 0 radical (unpaired) electrons. The van der Waals surface area contributed by atoms with Crippen molar-refractivity contribution in [1.29, 1.82) is 0 Å². The number of nitrogens with two attached hydrogens (primary N) is 1. The molecule has 0 fully saturated rings. The maximum Gasteiger partial charge on any atom is 0.241 e. The number of aryl methyl sites for hydroxylation is 1. The summed E-state index contributed by atoms with van der Waals surface area (Å²) in [5.41, 5.74) is 7.66. The molecular weight excluding hydrogens is 260 g/mol. The third kappa shape index (κ3) is 3.33. The van der Waals surface area contributed by atoms with Crippen LogP contribution in [0.5, 0.6) is 0 Å². The van der Waals surface area contributed by atoms with Crippen molar-refractivity contribution in [3.05, 3.63) is 59.7 Å². The number of hydrogen-bond donors (Lipinski definition) is 2. The average molecular weight is 276 g/mol. The van der Waals surface area contributed by atoms with Crippen LogP contribution in [0, 0.1) is 6.92 Å². The topological polar surface area (TPSA) is 72.2 Å². The van der Waals surface area contributed by atoms with Crippen molar-refractivity contribution < 1.29 is 8.42 Å². The number of anilines is 1. The Labute approximate surface area is 113 Å². The smallest absolute Gasteiger partial charge is 0.241 e. The van der Waals surface area contributed by atoms with Gasteiger partial charge in [-0.05, 0) is 30.2 Å². The minimum atomic E-state index is -3.54. The van der Waals surface area contributed by atoms with Gasteiger partial charge >= 0.3 is 0 Å². The quantitative estimate of drug-likeness (QED) is 0.840. The molecule has 0 aromatic heterocycles. The molecule has 0 atom stereocenters. The fourth-order valence-corrected chi connectivity index (χ4v) is 3.05. The molecule has 3 N–H and O–H groups in total. The Morgan fingerprint density at radius 2 is 1.79 bits per heavy atom. The van der Waals surface area contributed by atoms with E-state index < -0.39 is 10.0 Å². The zero-order valence-electron chi connectivity index (χ0n) is 10.6. The van der Waals surface area contributed by atoms with Crippen LogP contribution < -0.4 is 10.5 Å². The first-order valence-corrected chi connectivity index (χ1v) is 7.37. The van der Waals surface area contributed by atoms with Gasteiger partial charge in [0, 0.05) is 12.2 Å². The first-order chi connectivity index (χ1) is 8.99. The predicted octanol–water partition coefficient (Wildman–Crippen LogP) is 2.06. The van der Waals surface area contributed by atoms with E-state index in [9.17, 15) is 8.42 Å². The van der Waals surface area contributed by atoms with Gasteiger partial charge < -0.3 is 5.73 Å². The molecule has 2 rings (SSSR count). The zero-order valence-corrected chi connectivity index (χ0v) is 11.4. The highest BCUT2D eigenvalue weighted by molar-refractivity contribution is 7.89. The van der Waals surface area contributed by atoms with Crippen molar-refractivity contribution in [2.45, 2.75) is 18.4 Å². The Bertz CT molecular complexity index is 667.